The number of hydrogen-bond acceptors (Lipinski definition) is 2. The van der Waals surface area contributed by atoms with E-state index in [9.17, 15) is 4.39 Å². The summed E-state index contributed by atoms with van der Waals surface area (Å²) in [6.45, 7) is 2.50. The standard InChI is InChI=1S/C12H13BrFN3/c1-8(15)10-5-16-17(7-10)6-9-2-3-11(14)4-12(9)13/h2-5,7-8H,6,15H2,1H3. The average Bonchev–Trinajstić information content (AvgIpc) is 2.71. The first kappa shape index (κ1) is 12.3. The second kappa shape index (κ2) is 4.98. The summed E-state index contributed by atoms with van der Waals surface area (Å²) in [5, 5.41) is 4.22. The molecule has 0 spiro atoms. The summed E-state index contributed by atoms with van der Waals surface area (Å²) >= 11 is 3.33. The maximum atomic E-state index is 12.9. The Kier molecular flexibility index (Phi) is 3.59. The van der Waals surface area contributed by atoms with Gasteiger partial charge in [0.1, 0.15) is 5.82 Å². The molecule has 0 bridgehead atoms. The van der Waals surface area contributed by atoms with E-state index in [1.807, 2.05) is 13.1 Å². The fraction of sp³-hybridized carbons (Fsp3) is 0.250. The highest BCUT2D eigenvalue weighted by atomic mass is 79.9. The van der Waals surface area contributed by atoms with Crippen LogP contribution in [-0.2, 0) is 6.54 Å². The van der Waals surface area contributed by atoms with Gasteiger partial charge in [-0.05, 0) is 24.6 Å². The van der Waals surface area contributed by atoms with Gasteiger partial charge >= 0.3 is 0 Å². The van der Waals surface area contributed by atoms with Crippen molar-refractivity contribution in [3.63, 3.8) is 0 Å². The van der Waals surface area contributed by atoms with Crippen LogP contribution in [0, 0.1) is 5.82 Å². The molecule has 0 aliphatic heterocycles. The highest BCUT2D eigenvalue weighted by molar-refractivity contribution is 9.10. The summed E-state index contributed by atoms with van der Waals surface area (Å²) in [6.07, 6.45) is 3.66. The van der Waals surface area contributed by atoms with Gasteiger partial charge < -0.3 is 5.73 Å². The third-order valence-electron chi connectivity index (χ3n) is 2.53. The van der Waals surface area contributed by atoms with Gasteiger partial charge in [-0.25, -0.2) is 4.39 Å². The normalized spacial score (nSPS) is 12.7. The summed E-state index contributed by atoms with van der Waals surface area (Å²) in [4.78, 5) is 0. The molecule has 0 amide bonds. The zero-order valence-corrected chi connectivity index (χ0v) is 11.0. The van der Waals surface area contributed by atoms with Gasteiger partial charge in [0.05, 0.1) is 12.7 Å². The van der Waals surface area contributed by atoms with Crippen molar-refractivity contribution in [3.05, 3.63) is 52.0 Å². The van der Waals surface area contributed by atoms with E-state index in [0.29, 0.717) is 6.54 Å². The van der Waals surface area contributed by atoms with Crippen molar-refractivity contribution in [2.75, 3.05) is 0 Å². The Morgan fingerprint density at radius 2 is 2.29 bits per heavy atom. The van der Waals surface area contributed by atoms with Crippen molar-refractivity contribution in [1.29, 1.82) is 0 Å². The molecule has 0 radical (unpaired) electrons. The van der Waals surface area contributed by atoms with E-state index in [-0.39, 0.29) is 11.9 Å². The van der Waals surface area contributed by atoms with E-state index in [4.69, 9.17) is 5.73 Å². The fourth-order valence-corrected chi connectivity index (χ4v) is 2.00. The number of aromatic nitrogens is 2. The Morgan fingerprint density at radius 3 is 2.88 bits per heavy atom. The Morgan fingerprint density at radius 1 is 1.53 bits per heavy atom. The van der Waals surface area contributed by atoms with Crippen LogP contribution in [0.3, 0.4) is 0 Å². The van der Waals surface area contributed by atoms with Gasteiger partial charge in [-0.3, -0.25) is 4.68 Å². The van der Waals surface area contributed by atoms with Gasteiger partial charge in [0, 0.05) is 22.3 Å². The van der Waals surface area contributed by atoms with Crippen LogP contribution in [-0.4, -0.2) is 9.78 Å². The molecule has 0 saturated heterocycles. The molecular formula is C12H13BrFN3. The van der Waals surface area contributed by atoms with Crippen LogP contribution >= 0.6 is 15.9 Å². The molecule has 2 aromatic rings. The Balaban J connectivity index is 2.19. The molecular weight excluding hydrogens is 285 g/mol. The van der Waals surface area contributed by atoms with Gasteiger partial charge in [0.15, 0.2) is 0 Å². The summed E-state index contributed by atoms with van der Waals surface area (Å²) in [6, 6.07) is 4.61. The smallest absolute Gasteiger partial charge is 0.124 e. The lowest BCUT2D eigenvalue weighted by atomic mass is 10.2. The summed E-state index contributed by atoms with van der Waals surface area (Å²) < 4.78 is 15.5. The number of benzene rings is 1. The van der Waals surface area contributed by atoms with E-state index >= 15 is 0 Å². The van der Waals surface area contributed by atoms with Crippen LogP contribution in [0.1, 0.15) is 24.1 Å². The highest BCUT2D eigenvalue weighted by Crippen LogP contribution is 2.19. The zero-order chi connectivity index (χ0) is 12.4. The van der Waals surface area contributed by atoms with Crippen LogP contribution in [0.25, 0.3) is 0 Å². The lowest BCUT2D eigenvalue weighted by Crippen LogP contribution is -2.04. The topological polar surface area (TPSA) is 43.8 Å². The van der Waals surface area contributed by atoms with Crippen LogP contribution in [0.15, 0.2) is 35.1 Å². The summed E-state index contributed by atoms with van der Waals surface area (Å²) in [7, 11) is 0. The van der Waals surface area contributed by atoms with Crippen LogP contribution in [0.5, 0.6) is 0 Å². The fourth-order valence-electron chi connectivity index (χ4n) is 1.53. The molecule has 0 aliphatic carbocycles. The molecule has 2 rings (SSSR count). The number of rotatable bonds is 3. The average molecular weight is 298 g/mol. The number of halogens is 2. The lowest BCUT2D eigenvalue weighted by molar-refractivity contribution is 0.623. The van der Waals surface area contributed by atoms with Gasteiger partial charge in [0.2, 0.25) is 0 Å². The third kappa shape index (κ3) is 2.92. The monoisotopic (exact) mass is 297 g/mol. The molecule has 5 heteroatoms. The zero-order valence-electron chi connectivity index (χ0n) is 9.40. The Hall–Kier alpha value is -1.20. The molecule has 1 aromatic heterocycles. The first-order chi connectivity index (χ1) is 8.06. The maximum Gasteiger partial charge on any atom is 0.124 e. The molecule has 3 nitrogen and oxygen atoms in total. The van der Waals surface area contributed by atoms with Gasteiger partial charge in [0.25, 0.3) is 0 Å². The molecule has 2 N–H and O–H groups in total. The van der Waals surface area contributed by atoms with Crippen molar-refractivity contribution >= 4 is 15.9 Å². The number of nitrogens with two attached hydrogens (primary N) is 1. The third-order valence-corrected chi connectivity index (χ3v) is 3.26. The van der Waals surface area contributed by atoms with Gasteiger partial charge in [-0.1, -0.05) is 22.0 Å². The minimum atomic E-state index is -0.252. The molecule has 0 aliphatic rings. The van der Waals surface area contributed by atoms with E-state index in [1.165, 1.54) is 12.1 Å². The van der Waals surface area contributed by atoms with E-state index in [0.717, 1.165) is 15.6 Å². The maximum absolute atomic E-state index is 12.9. The second-order valence-corrected chi connectivity index (χ2v) is 4.85. The van der Waals surface area contributed by atoms with Gasteiger partial charge in [-0.2, -0.15) is 5.10 Å². The summed E-state index contributed by atoms with van der Waals surface area (Å²) in [5.41, 5.74) is 7.72. The van der Waals surface area contributed by atoms with Crippen LogP contribution in [0.4, 0.5) is 4.39 Å². The minimum Gasteiger partial charge on any atom is -0.324 e. The molecule has 1 atom stereocenters. The molecule has 1 unspecified atom stereocenters. The van der Waals surface area contributed by atoms with E-state index < -0.39 is 0 Å². The Labute approximate surface area is 108 Å². The van der Waals surface area contributed by atoms with Crippen molar-refractivity contribution in [1.82, 2.24) is 9.78 Å². The Bertz CT molecular complexity index is 522. The number of hydrogen-bond donors (Lipinski definition) is 1. The highest BCUT2D eigenvalue weighted by Gasteiger charge is 2.06. The van der Waals surface area contributed by atoms with Crippen molar-refractivity contribution in [2.24, 2.45) is 5.73 Å². The molecule has 90 valence electrons. The summed E-state index contributed by atoms with van der Waals surface area (Å²) in [5.74, 6) is -0.252. The van der Waals surface area contributed by atoms with Gasteiger partial charge in [-0.15, -0.1) is 0 Å². The second-order valence-electron chi connectivity index (χ2n) is 4.00. The lowest BCUT2D eigenvalue weighted by Gasteiger charge is -2.05. The van der Waals surface area contributed by atoms with E-state index in [2.05, 4.69) is 21.0 Å². The SMILES string of the molecule is CC(N)c1cnn(Cc2ccc(F)cc2Br)c1. The molecule has 0 fully saturated rings. The minimum absolute atomic E-state index is 0.0274. The molecule has 17 heavy (non-hydrogen) atoms. The molecule has 1 aromatic carbocycles. The predicted molar refractivity (Wildman–Crippen MR) is 68.0 cm³/mol. The van der Waals surface area contributed by atoms with Crippen LogP contribution < -0.4 is 5.73 Å². The first-order valence-corrected chi connectivity index (χ1v) is 6.07. The van der Waals surface area contributed by atoms with E-state index in [1.54, 1.807) is 16.9 Å². The van der Waals surface area contributed by atoms with Crippen molar-refractivity contribution in [2.45, 2.75) is 19.5 Å². The first-order valence-electron chi connectivity index (χ1n) is 5.28. The predicted octanol–water partition coefficient (Wildman–Crippen LogP) is 2.85. The van der Waals surface area contributed by atoms with Crippen LogP contribution in [0.2, 0.25) is 0 Å². The quantitative estimate of drug-likeness (QED) is 0.947. The largest absolute Gasteiger partial charge is 0.324 e. The molecule has 0 saturated carbocycles. The van der Waals surface area contributed by atoms with Crippen molar-refractivity contribution < 1.29 is 4.39 Å². The number of nitrogens with zero attached hydrogens (tertiary/aromatic N) is 2. The van der Waals surface area contributed by atoms with Crippen molar-refractivity contribution in [3.8, 4) is 0 Å². The molecule has 1 heterocycles.